The number of nitrogens with zero attached hydrogens (tertiary/aromatic N) is 4. The van der Waals surface area contributed by atoms with E-state index in [0.717, 1.165) is 107 Å². The van der Waals surface area contributed by atoms with Gasteiger partial charge in [0.15, 0.2) is 0 Å². The zero-order chi connectivity index (χ0) is 62.2. The Balaban J connectivity index is 0.794. The van der Waals surface area contributed by atoms with E-state index in [1.54, 1.807) is 6.07 Å². The highest BCUT2D eigenvalue weighted by Gasteiger charge is 2.45. The van der Waals surface area contributed by atoms with E-state index in [9.17, 15) is 0 Å². The highest BCUT2D eigenvalue weighted by molar-refractivity contribution is 6.99. The first-order chi connectivity index (χ1) is 44.0. The molecule has 3 heterocycles. The SMILES string of the molecule is [2H]C([2H])([2H])c1cc2c3c(c1)N(c1ccc(-c4c(C)cc(N(c5ccccc5)c5ccc6c(c5)c5ccccc5n6-c5ccccc5)cc4C)cc1)c1cc(C(C)(C)C)ccc1B3c1cc3c(cc1O2)-c1ccc(N(c2ccccc2)c2ccccc2)cc1C3(C)C. The number of fused-ring (bicyclic) bond motifs is 10. The minimum Gasteiger partial charge on any atom is -0.458 e. The monoisotopic (exact) mass is 1140 g/mol. The average Bonchev–Trinajstić information content (AvgIpc) is 1.66. The van der Waals surface area contributed by atoms with Crippen molar-refractivity contribution >= 4 is 96.1 Å². The second-order valence-corrected chi connectivity index (χ2v) is 25.7. The third-order valence-corrected chi connectivity index (χ3v) is 18.8. The minimum atomic E-state index is -2.41. The highest BCUT2D eigenvalue weighted by atomic mass is 16.5. The highest BCUT2D eigenvalue weighted by Crippen LogP contribution is 2.53. The lowest BCUT2D eigenvalue weighted by Gasteiger charge is -2.41. The fraction of sp³-hybridized carbons (Fsp3) is 0.122. The molecule has 0 saturated carbocycles. The van der Waals surface area contributed by atoms with Gasteiger partial charge in [0.25, 0.3) is 6.71 Å². The molecule has 0 unspecified atom stereocenters. The molecule has 0 fully saturated rings. The van der Waals surface area contributed by atoms with Gasteiger partial charge in [-0.15, -0.1) is 0 Å². The van der Waals surface area contributed by atoms with E-state index in [2.05, 4.69) is 316 Å². The Morgan fingerprint density at radius 1 is 0.455 bits per heavy atom. The summed E-state index contributed by atoms with van der Waals surface area (Å²) >= 11 is 0. The van der Waals surface area contributed by atoms with Crippen LogP contribution in [-0.4, -0.2) is 11.3 Å². The van der Waals surface area contributed by atoms with Crippen LogP contribution in [0.2, 0.25) is 0 Å². The average molecular weight is 1140 g/mol. The fourth-order valence-corrected chi connectivity index (χ4v) is 14.7. The Morgan fingerprint density at radius 2 is 1.05 bits per heavy atom. The molecule has 3 aliphatic rings. The Bertz CT molecular complexity index is 4990. The Morgan fingerprint density at radius 3 is 1.70 bits per heavy atom. The molecule has 6 heteroatoms. The molecule has 0 N–H and O–H groups in total. The number of aromatic nitrogens is 1. The summed E-state index contributed by atoms with van der Waals surface area (Å²) in [6, 6.07) is 93.6. The van der Waals surface area contributed by atoms with Gasteiger partial charge in [-0.05, 0) is 232 Å². The number of hydrogen-bond acceptors (Lipinski definition) is 4. The summed E-state index contributed by atoms with van der Waals surface area (Å²) in [7, 11) is 0. The lowest BCUT2D eigenvalue weighted by atomic mass is 9.34. The van der Waals surface area contributed by atoms with E-state index in [4.69, 9.17) is 8.85 Å². The van der Waals surface area contributed by atoms with E-state index in [1.165, 1.54) is 44.1 Å². The van der Waals surface area contributed by atoms with Crippen LogP contribution in [0.25, 0.3) is 49.7 Å². The molecule has 0 bridgehead atoms. The van der Waals surface area contributed by atoms with E-state index in [1.807, 2.05) is 6.07 Å². The number of ether oxygens (including phenoxy) is 1. The van der Waals surface area contributed by atoms with Crippen LogP contribution in [0.3, 0.4) is 0 Å². The van der Waals surface area contributed by atoms with Crippen LogP contribution in [-0.2, 0) is 10.8 Å². The van der Waals surface area contributed by atoms with Gasteiger partial charge in [-0.3, -0.25) is 0 Å². The van der Waals surface area contributed by atoms with Crippen LogP contribution in [0.15, 0.2) is 261 Å². The Hall–Kier alpha value is -10.3. The van der Waals surface area contributed by atoms with Gasteiger partial charge >= 0.3 is 0 Å². The first-order valence-electron chi connectivity index (χ1n) is 32.2. The standard InChI is InChI=1S/C82H67BN4O/c1-52-43-76-80-78(44-52)88-77-50-67-65-40-38-63(84(57-23-13-9-14-24-57)58-25-15-10-16-26-58)49-69(65)82(7,8)70(67)51-72(77)83(80)71-41-35-56(81(4,5)6)47-75(71)87(76)61-36-33-55(34-37-61)79-53(2)45-64(46-54(79)3)85(59-27-17-11-18-28-59)62-39-42-74-68(48-62)66-31-21-22-32-73(66)86(74)60-29-19-12-20-30-60/h9-51H,1-8H3/i1D3. The maximum Gasteiger partial charge on any atom is 0.256 e. The van der Waals surface area contributed by atoms with Crippen LogP contribution in [0.1, 0.15) is 72.1 Å². The van der Waals surface area contributed by atoms with Crippen molar-refractivity contribution in [1.82, 2.24) is 4.57 Å². The first-order valence-corrected chi connectivity index (χ1v) is 30.7. The van der Waals surface area contributed by atoms with Crippen LogP contribution in [0.4, 0.5) is 51.2 Å². The third-order valence-electron chi connectivity index (χ3n) is 18.8. The van der Waals surface area contributed by atoms with Gasteiger partial charge in [0.05, 0.1) is 11.0 Å². The number of rotatable bonds is 9. The Kier molecular flexibility index (Phi) is 11.4. The van der Waals surface area contributed by atoms with Crippen LogP contribution < -0.4 is 35.8 Å². The maximum absolute atomic E-state index is 8.94. The largest absolute Gasteiger partial charge is 0.458 e. The molecule has 12 aromatic carbocycles. The van der Waals surface area contributed by atoms with Crippen molar-refractivity contribution in [2.45, 2.75) is 66.1 Å². The molecule has 0 atom stereocenters. The number of anilines is 9. The molecule has 2 aliphatic heterocycles. The molecule has 0 radical (unpaired) electrons. The Labute approximate surface area is 521 Å². The van der Waals surface area contributed by atoms with Crippen LogP contribution >= 0.6 is 0 Å². The lowest BCUT2D eigenvalue weighted by Crippen LogP contribution is -2.59. The summed E-state index contributed by atoms with van der Waals surface area (Å²) in [4.78, 5) is 6.99. The normalized spacial score (nSPS) is 14.0. The zero-order valence-corrected chi connectivity index (χ0v) is 50.6. The quantitative estimate of drug-likeness (QED) is 0.134. The van der Waals surface area contributed by atoms with E-state index in [-0.39, 0.29) is 23.1 Å². The van der Waals surface area contributed by atoms with Crippen LogP contribution in [0, 0.1) is 20.7 Å². The molecule has 0 spiro atoms. The van der Waals surface area contributed by atoms with Gasteiger partial charge in [-0.25, -0.2) is 0 Å². The maximum atomic E-state index is 8.94. The molecule has 0 saturated heterocycles. The molecule has 16 rings (SSSR count). The molecule has 88 heavy (non-hydrogen) atoms. The second kappa shape index (κ2) is 20.2. The van der Waals surface area contributed by atoms with Gasteiger partial charge in [0, 0.05) is 77.2 Å². The smallest absolute Gasteiger partial charge is 0.256 e. The summed E-state index contributed by atoms with van der Waals surface area (Å²) in [5.74, 6) is 1.31. The van der Waals surface area contributed by atoms with Crippen molar-refractivity contribution < 1.29 is 8.85 Å². The van der Waals surface area contributed by atoms with Gasteiger partial charge in [0.1, 0.15) is 11.5 Å². The van der Waals surface area contributed by atoms with E-state index < -0.39 is 6.85 Å². The summed E-state index contributed by atoms with van der Waals surface area (Å²) in [5.41, 5.74) is 26.1. The summed E-state index contributed by atoms with van der Waals surface area (Å²) in [6.45, 7) is 13.2. The number of aryl methyl sites for hydroxylation is 3. The molecule has 1 aliphatic carbocycles. The van der Waals surface area contributed by atoms with Gasteiger partial charge in [0.2, 0.25) is 0 Å². The van der Waals surface area contributed by atoms with Crippen molar-refractivity contribution in [2.24, 2.45) is 0 Å². The summed E-state index contributed by atoms with van der Waals surface area (Å²) in [5, 5.41) is 2.40. The van der Waals surface area contributed by atoms with Crippen molar-refractivity contribution in [3.05, 3.63) is 294 Å². The summed E-state index contributed by atoms with van der Waals surface area (Å²) in [6.07, 6.45) is 0. The molecule has 5 nitrogen and oxygen atoms in total. The van der Waals surface area contributed by atoms with Crippen molar-refractivity contribution in [3.63, 3.8) is 0 Å². The van der Waals surface area contributed by atoms with Gasteiger partial charge < -0.3 is 24.0 Å². The number of benzene rings is 12. The second-order valence-electron chi connectivity index (χ2n) is 25.7. The van der Waals surface area contributed by atoms with Gasteiger partial charge in [-0.1, -0.05) is 162 Å². The third kappa shape index (κ3) is 8.44. The van der Waals surface area contributed by atoms with E-state index in [0.29, 0.717) is 5.75 Å². The minimum absolute atomic E-state index is 0.178. The molecule has 13 aromatic rings. The number of para-hydroxylation sites is 5. The first kappa shape index (κ1) is 49.9. The molecule has 1 aromatic heterocycles. The van der Waals surface area contributed by atoms with Crippen molar-refractivity contribution in [2.75, 3.05) is 14.7 Å². The van der Waals surface area contributed by atoms with E-state index >= 15 is 0 Å². The van der Waals surface area contributed by atoms with Crippen LogP contribution in [0.5, 0.6) is 11.5 Å². The predicted octanol–water partition coefficient (Wildman–Crippen LogP) is 20.3. The molecule has 0 amide bonds. The van der Waals surface area contributed by atoms with Crippen molar-refractivity contribution in [3.8, 4) is 39.4 Å². The lowest BCUT2D eigenvalue weighted by molar-refractivity contribution is 0.487. The van der Waals surface area contributed by atoms with Gasteiger partial charge in [-0.2, -0.15) is 0 Å². The summed E-state index contributed by atoms with van der Waals surface area (Å²) < 4.78 is 36.3. The topological polar surface area (TPSA) is 23.9 Å². The predicted molar refractivity (Wildman–Crippen MR) is 372 cm³/mol. The molecular formula is C82H67BN4O. The van der Waals surface area contributed by atoms with Crippen molar-refractivity contribution in [1.29, 1.82) is 0 Å². The molecular weight excluding hydrogens is 1070 g/mol. The fourth-order valence-electron chi connectivity index (χ4n) is 14.7. The zero-order valence-electron chi connectivity index (χ0n) is 53.6. The molecule has 424 valence electrons. The number of hydrogen-bond donors (Lipinski definition) is 0.